The summed E-state index contributed by atoms with van der Waals surface area (Å²) in [6.45, 7) is 4.14. The normalized spacial score (nSPS) is 16.5. The Kier molecular flexibility index (Phi) is 2.99. The molecule has 2 rings (SSSR count). The van der Waals surface area contributed by atoms with Gasteiger partial charge in [-0.2, -0.15) is 0 Å². The van der Waals surface area contributed by atoms with Crippen molar-refractivity contribution in [3.63, 3.8) is 0 Å². The third-order valence-electron chi connectivity index (χ3n) is 2.94. The van der Waals surface area contributed by atoms with Crippen molar-refractivity contribution in [1.82, 2.24) is 4.98 Å². The number of hydrogen-bond donors (Lipinski definition) is 0. The zero-order valence-corrected chi connectivity index (χ0v) is 9.07. The summed E-state index contributed by atoms with van der Waals surface area (Å²) in [5.74, 6) is 1.01. The average molecular weight is 204 g/mol. The zero-order valence-electron chi connectivity index (χ0n) is 9.07. The van der Waals surface area contributed by atoms with Crippen molar-refractivity contribution in [3.8, 4) is 0 Å². The van der Waals surface area contributed by atoms with Gasteiger partial charge in [0.1, 0.15) is 5.82 Å². The second-order valence-electron chi connectivity index (χ2n) is 4.06. The highest BCUT2D eigenvalue weighted by Gasteiger charge is 2.12. The Morgan fingerprint density at radius 3 is 2.67 bits per heavy atom. The highest BCUT2D eigenvalue weighted by atomic mass is 16.1. The molecule has 0 unspecified atom stereocenters. The van der Waals surface area contributed by atoms with Crippen molar-refractivity contribution < 1.29 is 4.79 Å². The van der Waals surface area contributed by atoms with Crippen LogP contribution in [0.25, 0.3) is 0 Å². The minimum Gasteiger partial charge on any atom is -0.357 e. The third kappa shape index (κ3) is 2.17. The molecular formula is C12H16N2O. The Balaban J connectivity index is 2.21. The van der Waals surface area contributed by atoms with Crippen LogP contribution in [-0.4, -0.2) is 24.4 Å². The van der Waals surface area contributed by atoms with Crippen molar-refractivity contribution in [1.29, 1.82) is 0 Å². The summed E-state index contributed by atoms with van der Waals surface area (Å²) < 4.78 is 0. The van der Waals surface area contributed by atoms with E-state index < -0.39 is 0 Å². The van der Waals surface area contributed by atoms with Crippen molar-refractivity contribution >= 4 is 12.1 Å². The van der Waals surface area contributed by atoms with Crippen LogP contribution >= 0.6 is 0 Å². The molecule has 0 aliphatic carbocycles. The van der Waals surface area contributed by atoms with Gasteiger partial charge in [0.05, 0.1) is 0 Å². The standard InChI is InChI=1S/C12H16N2O/c1-10-7-12(13-8-11(10)9-15)14-5-3-2-4-6-14/h7-9H,2-6H2,1H3. The first-order chi connectivity index (χ1) is 7.31. The molecule has 2 heterocycles. The molecule has 0 aromatic carbocycles. The van der Waals surface area contributed by atoms with E-state index in [-0.39, 0.29) is 0 Å². The molecule has 80 valence electrons. The highest BCUT2D eigenvalue weighted by molar-refractivity contribution is 5.77. The Morgan fingerprint density at radius 2 is 2.07 bits per heavy atom. The van der Waals surface area contributed by atoms with E-state index in [1.54, 1.807) is 6.20 Å². The van der Waals surface area contributed by atoms with Gasteiger partial charge in [-0.1, -0.05) is 0 Å². The first-order valence-electron chi connectivity index (χ1n) is 5.48. The van der Waals surface area contributed by atoms with Crippen molar-refractivity contribution in [2.45, 2.75) is 26.2 Å². The summed E-state index contributed by atoms with van der Waals surface area (Å²) in [5.41, 5.74) is 1.70. The lowest BCUT2D eigenvalue weighted by Gasteiger charge is -2.27. The molecule has 0 atom stereocenters. The predicted molar refractivity (Wildman–Crippen MR) is 60.4 cm³/mol. The van der Waals surface area contributed by atoms with E-state index in [9.17, 15) is 4.79 Å². The topological polar surface area (TPSA) is 33.2 Å². The maximum Gasteiger partial charge on any atom is 0.151 e. The molecule has 0 saturated carbocycles. The average Bonchev–Trinajstić information content (AvgIpc) is 2.30. The fraction of sp³-hybridized carbons (Fsp3) is 0.500. The Hall–Kier alpha value is -1.38. The van der Waals surface area contributed by atoms with E-state index in [2.05, 4.69) is 9.88 Å². The molecular weight excluding hydrogens is 188 g/mol. The van der Waals surface area contributed by atoms with Crippen LogP contribution in [-0.2, 0) is 0 Å². The maximum atomic E-state index is 10.7. The number of rotatable bonds is 2. The van der Waals surface area contributed by atoms with Gasteiger partial charge in [-0.15, -0.1) is 0 Å². The first kappa shape index (κ1) is 10.1. The molecule has 0 amide bonds. The summed E-state index contributed by atoms with van der Waals surface area (Å²) >= 11 is 0. The van der Waals surface area contributed by atoms with Crippen LogP contribution in [0.5, 0.6) is 0 Å². The summed E-state index contributed by atoms with van der Waals surface area (Å²) in [6, 6.07) is 2.01. The molecule has 1 aliphatic heterocycles. The lowest BCUT2D eigenvalue weighted by atomic mass is 10.1. The van der Waals surface area contributed by atoms with Crippen LogP contribution in [0.1, 0.15) is 35.2 Å². The summed E-state index contributed by atoms with van der Waals surface area (Å²) in [7, 11) is 0. The summed E-state index contributed by atoms with van der Waals surface area (Å²) in [6.07, 6.45) is 6.35. The molecule has 3 nitrogen and oxygen atoms in total. The molecule has 1 aromatic rings. The van der Waals surface area contributed by atoms with Crippen molar-refractivity contribution in [2.75, 3.05) is 18.0 Å². The molecule has 0 N–H and O–H groups in total. The number of aryl methyl sites for hydroxylation is 1. The number of carbonyl (C=O) groups is 1. The molecule has 15 heavy (non-hydrogen) atoms. The third-order valence-corrected chi connectivity index (χ3v) is 2.94. The zero-order chi connectivity index (χ0) is 10.7. The van der Waals surface area contributed by atoms with Crippen LogP contribution in [0.15, 0.2) is 12.3 Å². The van der Waals surface area contributed by atoms with Crippen LogP contribution in [0.2, 0.25) is 0 Å². The monoisotopic (exact) mass is 204 g/mol. The van der Waals surface area contributed by atoms with E-state index in [0.29, 0.717) is 5.56 Å². The van der Waals surface area contributed by atoms with E-state index in [0.717, 1.165) is 30.8 Å². The second kappa shape index (κ2) is 4.43. The molecule has 1 aliphatic rings. The Morgan fingerprint density at radius 1 is 1.33 bits per heavy atom. The fourth-order valence-corrected chi connectivity index (χ4v) is 1.97. The lowest BCUT2D eigenvalue weighted by Crippen LogP contribution is -2.30. The van der Waals surface area contributed by atoms with Gasteiger partial charge in [0.15, 0.2) is 6.29 Å². The van der Waals surface area contributed by atoms with E-state index in [1.165, 1.54) is 19.3 Å². The van der Waals surface area contributed by atoms with Crippen LogP contribution in [0.3, 0.4) is 0 Å². The lowest BCUT2D eigenvalue weighted by molar-refractivity contribution is 0.112. The van der Waals surface area contributed by atoms with E-state index in [1.807, 2.05) is 13.0 Å². The number of hydrogen-bond acceptors (Lipinski definition) is 3. The fourth-order valence-electron chi connectivity index (χ4n) is 1.97. The second-order valence-corrected chi connectivity index (χ2v) is 4.06. The number of aldehydes is 1. The number of aromatic nitrogens is 1. The predicted octanol–water partition coefficient (Wildman–Crippen LogP) is 2.19. The van der Waals surface area contributed by atoms with Crippen molar-refractivity contribution in [2.24, 2.45) is 0 Å². The van der Waals surface area contributed by atoms with Gasteiger partial charge in [0, 0.05) is 24.8 Å². The molecule has 3 heteroatoms. The largest absolute Gasteiger partial charge is 0.357 e. The number of anilines is 1. The molecule has 0 spiro atoms. The van der Waals surface area contributed by atoms with Gasteiger partial charge in [0.2, 0.25) is 0 Å². The molecule has 0 radical (unpaired) electrons. The number of carbonyl (C=O) groups excluding carboxylic acids is 1. The smallest absolute Gasteiger partial charge is 0.151 e. The maximum absolute atomic E-state index is 10.7. The minimum absolute atomic E-state index is 0.691. The highest BCUT2D eigenvalue weighted by Crippen LogP contribution is 2.19. The van der Waals surface area contributed by atoms with E-state index >= 15 is 0 Å². The van der Waals surface area contributed by atoms with Gasteiger partial charge in [0.25, 0.3) is 0 Å². The molecule has 0 bridgehead atoms. The minimum atomic E-state index is 0.691. The Labute approximate surface area is 90.1 Å². The van der Waals surface area contributed by atoms with Crippen LogP contribution < -0.4 is 4.90 Å². The number of pyridine rings is 1. The molecule has 1 saturated heterocycles. The van der Waals surface area contributed by atoms with Crippen LogP contribution in [0.4, 0.5) is 5.82 Å². The van der Waals surface area contributed by atoms with E-state index in [4.69, 9.17) is 0 Å². The van der Waals surface area contributed by atoms with Gasteiger partial charge >= 0.3 is 0 Å². The molecule has 1 fully saturated rings. The van der Waals surface area contributed by atoms with Gasteiger partial charge in [-0.3, -0.25) is 4.79 Å². The van der Waals surface area contributed by atoms with Crippen LogP contribution in [0, 0.1) is 6.92 Å². The van der Waals surface area contributed by atoms with Gasteiger partial charge < -0.3 is 4.90 Å². The number of piperidine rings is 1. The quantitative estimate of drug-likeness (QED) is 0.692. The number of nitrogens with zero attached hydrogens (tertiary/aromatic N) is 2. The van der Waals surface area contributed by atoms with Crippen molar-refractivity contribution in [3.05, 3.63) is 23.4 Å². The Bertz CT molecular complexity index is 357. The summed E-state index contributed by atoms with van der Waals surface area (Å²) in [5, 5.41) is 0. The summed E-state index contributed by atoms with van der Waals surface area (Å²) in [4.78, 5) is 17.3. The SMILES string of the molecule is Cc1cc(N2CCCCC2)ncc1C=O. The van der Waals surface area contributed by atoms with Gasteiger partial charge in [-0.25, -0.2) is 4.98 Å². The van der Waals surface area contributed by atoms with Gasteiger partial charge in [-0.05, 0) is 37.8 Å². The first-order valence-corrected chi connectivity index (χ1v) is 5.48. The molecule has 1 aromatic heterocycles.